The van der Waals surface area contributed by atoms with Gasteiger partial charge in [0, 0.05) is 9.92 Å². The first-order valence-corrected chi connectivity index (χ1v) is 5.30. The van der Waals surface area contributed by atoms with Gasteiger partial charge in [0.25, 0.3) is 0 Å². The highest BCUT2D eigenvalue weighted by Crippen LogP contribution is 2.21. The summed E-state index contributed by atoms with van der Waals surface area (Å²) in [6, 6.07) is 4.19. The first kappa shape index (κ1) is 9.85. The maximum atomic E-state index is 10.9. The minimum absolute atomic E-state index is 0.0183. The number of rotatable bonds is 1. The molecule has 0 atom stereocenters. The van der Waals surface area contributed by atoms with Crippen molar-refractivity contribution < 1.29 is 8.42 Å². The Morgan fingerprint density at radius 3 is 2.42 bits per heavy atom. The molecule has 2 N–H and O–H groups in total. The predicted molar refractivity (Wildman–Crippen MR) is 50.1 cm³/mol. The molecule has 0 spiro atoms. The molecule has 0 saturated carbocycles. The highest BCUT2D eigenvalue weighted by molar-refractivity contribution is 7.90. The summed E-state index contributed by atoms with van der Waals surface area (Å²) in [6.45, 7) is 0. The smallest absolute Gasteiger partial charge is 0.225 e. The lowest BCUT2D eigenvalue weighted by Gasteiger charge is -2.01. The predicted octanol–water partition coefficient (Wildman–Crippen LogP) is 1.28. The minimum atomic E-state index is -3.69. The number of thiol groups is 1. The number of primary sulfonamides is 1. The van der Waals surface area contributed by atoms with Crippen LogP contribution in [0.3, 0.4) is 0 Å². The van der Waals surface area contributed by atoms with E-state index < -0.39 is 10.0 Å². The van der Waals surface area contributed by atoms with Crippen molar-refractivity contribution in [1.82, 2.24) is 0 Å². The summed E-state index contributed by atoms with van der Waals surface area (Å²) in [5.41, 5.74) is 0. The summed E-state index contributed by atoms with van der Waals surface area (Å²) in [5.74, 6) is 0. The maximum Gasteiger partial charge on any atom is 0.239 e. The van der Waals surface area contributed by atoms with Crippen molar-refractivity contribution in [2.75, 3.05) is 0 Å². The van der Waals surface area contributed by atoms with Crippen molar-refractivity contribution in [3.05, 3.63) is 23.2 Å². The van der Waals surface area contributed by atoms with Gasteiger partial charge in [0.2, 0.25) is 10.0 Å². The SMILES string of the molecule is NS(=O)(=O)c1ccc(Cl)cc1S. The van der Waals surface area contributed by atoms with E-state index in [9.17, 15) is 8.42 Å². The second-order valence-electron chi connectivity index (χ2n) is 2.16. The summed E-state index contributed by atoms with van der Waals surface area (Å²) < 4.78 is 21.7. The van der Waals surface area contributed by atoms with E-state index in [4.69, 9.17) is 16.7 Å². The highest BCUT2D eigenvalue weighted by Gasteiger charge is 2.11. The molecule has 0 amide bonds. The molecule has 1 aromatic carbocycles. The molecule has 0 saturated heterocycles. The fraction of sp³-hybridized carbons (Fsp3) is 0. The van der Waals surface area contributed by atoms with Gasteiger partial charge >= 0.3 is 0 Å². The number of nitrogens with two attached hydrogens (primary N) is 1. The summed E-state index contributed by atoms with van der Waals surface area (Å²) in [6.07, 6.45) is 0. The molecular weight excluding hydrogens is 218 g/mol. The standard InChI is InChI=1S/C6H6ClNO2S2/c7-4-1-2-6(5(11)3-4)12(8,9)10/h1-3,11H,(H2,8,9,10). The van der Waals surface area contributed by atoms with Gasteiger partial charge in [0.05, 0.1) is 4.90 Å². The van der Waals surface area contributed by atoms with Crippen LogP contribution in [0.2, 0.25) is 5.02 Å². The normalized spacial score (nSPS) is 11.6. The van der Waals surface area contributed by atoms with Crippen LogP contribution in [0.25, 0.3) is 0 Å². The Morgan fingerprint density at radius 1 is 1.42 bits per heavy atom. The number of halogens is 1. The van der Waals surface area contributed by atoms with Crippen LogP contribution < -0.4 is 5.14 Å². The molecule has 0 aromatic heterocycles. The molecule has 0 bridgehead atoms. The zero-order valence-corrected chi connectivity index (χ0v) is 8.33. The largest absolute Gasteiger partial charge is 0.239 e. The number of benzene rings is 1. The van der Waals surface area contributed by atoms with Crippen LogP contribution in [-0.2, 0) is 10.0 Å². The van der Waals surface area contributed by atoms with Crippen LogP contribution in [0.5, 0.6) is 0 Å². The lowest BCUT2D eigenvalue weighted by molar-refractivity contribution is 0.596. The lowest BCUT2D eigenvalue weighted by Crippen LogP contribution is -2.12. The zero-order valence-electron chi connectivity index (χ0n) is 5.86. The van der Waals surface area contributed by atoms with E-state index in [0.29, 0.717) is 5.02 Å². The number of hydrogen-bond acceptors (Lipinski definition) is 3. The molecule has 0 aliphatic rings. The van der Waals surface area contributed by atoms with Crippen molar-refractivity contribution in [3.8, 4) is 0 Å². The molecule has 0 aliphatic carbocycles. The van der Waals surface area contributed by atoms with Crippen LogP contribution in [0, 0.1) is 0 Å². The van der Waals surface area contributed by atoms with Crippen LogP contribution >= 0.6 is 24.2 Å². The second-order valence-corrected chi connectivity index (χ2v) is 4.61. The van der Waals surface area contributed by atoms with E-state index in [1.54, 1.807) is 0 Å². The average molecular weight is 224 g/mol. The lowest BCUT2D eigenvalue weighted by atomic mass is 10.4. The average Bonchev–Trinajstić information content (AvgIpc) is 1.83. The Kier molecular flexibility index (Phi) is 2.67. The van der Waals surface area contributed by atoms with Crippen molar-refractivity contribution in [2.45, 2.75) is 9.79 Å². The Bertz CT molecular complexity index is 402. The molecule has 6 heteroatoms. The second kappa shape index (κ2) is 3.26. The highest BCUT2D eigenvalue weighted by atomic mass is 35.5. The summed E-state index contributed by atoms with van der Waals surface area (Å²) >= 11 is 9.50. The first-order valence-electron chi connectivity index (χ1n) is 2.92. The third-order valence-corrected chi connectivity index (χ3v) is 2.95. The van der Waals surface area contributed by atoms with Gasteiger partial charge in [-0.15, -0.1) is 12.6 Å². The van der Waals surface area contributed by atoms with Gasteiger partial charge in [-0.05, 0) is 18.2 Å². The molecule has 12 heavy (non-hydrogen) atoms. The van der Waals surface area contributed by atoms with Crippen molar-refractivity contribution in [3.63, 3.8) is 0 Å². The third-order valence-electron chi connectivity index (χ3n) is 1.23. The van der Waals surface area contributed by atoms with Gasteiger partial charge < -0.3 is 0 Å². The maximum absolute atomic E-state index is 10.9. The van der Waals surface area contributed by atoms with E-state index >= 15 is 0 Å². The van der Waals surface area contributed by atoms with Crippen LogP contribution in [0.4, 0.5) is 0 Å². The number of sulfonamides is 1. The third kappa shape index (κ3) is 2.13. The van der Waals surface area contributed by atoms with Crippen LogP contribution in [0.15, 0.2) is 28.0 Å². The molecule has 0 unspecified atom stereocenters. The van der Waals surface area contributed by atoms with E-state index in [1.807, 2.05) is 0 Å². The van der Waals surface area contributed by atoms with E-state index in [1.165, 1.54) is 18.2 Å². The molecule has 66 valence electrons. The molecule has 0 fully saturated rings. The topological polar surface area (TPSA) is 60.2 Å². The fourth-order valence-corrected chi connectivity index (χ4v) is 2.18. The van der Waals surface area contributed by atoms with Crippen LogP contribution in [-0.4, -0.2) is 8.42 Å². The van der Waals surface area contributed by atoms with Gasteiger partial charge in [-0.25, -0.2) is 13.6 Å². The van der Waals surface area contributed by atoms with Gasteiger partial charge in [-0.3, -0.25) is 0 Å². The minimum Gasteiger partial charge on any atom is -0.225 e. The van der Waals surface area contributed by atoms with Gasteiger partial charge in [-0.2, -0.15) is 0 Å². The zero-order chi connectivity index (χ0) is 9.35. The quantitative estimate of drug-likeness (QED) is 0.705. The summed E-state index contributed by atoms with van der Waals surface area (Å²) in [5, 5.41) is 5.31. The molecule has 1 rings (SSSR count). The summed E-state index contributed by atoms with van der Waals surface area (Å²) in [7, 11) is -3.69. The van der Waals surface area contributed by atoms with E-state index in [-0.39, 0.29) is 9.79 Å². The van der Waals surface area contributed by atoms with Crippen molar-refractivity contribution >= 4 is 34.3 Å². The van der Waals surface area contributed by atoms with Crippen molar-refractivity contribution in [2.24, 2.45) is 5.14 Å². The molecule has 1 aromatic rings. The Morgan fingerprint density at radius 2 is 2.00 bits per heavy atom. The van der Waals surface area contributed by atoms with Gasteiger partial charge in [-0.1, -0.05) is 11.6 Å². The first-order chi connectivity index (χ1) is 5.41. The van der Waals surface area contributed by atoms with Gasteiger partial charge in [0.1, 0.15) is 0 Å². The van der Waals surface area contributed by atoms with E-state index in [2.05, 4.69) is 12.6 Å². The Balaban J connectivity index is 3.39. The molecule has 0 radical (unpaired) electrons. The fourth-order valence-electron chi connectivity index (χ4n) is 0.731. The Labute approximate surface area is 81.0 Å². The molecule has 0 aliphatic heterocycles. The van der Waals surface area contributed by atoms with Crippen molar-refractivity contribution in [1.29, 1.82) is 0 Å². The Hall–Kier alpha value is -0.230. The molecular formula is C6H6ClNO2S2. The molecule has 3 nitrogen and oxygen atoms in total. The van der Waals surface area contributed by atoms with Crippen LogP contribution in [0.1, 0.15) is 0 Å². The summed E-state index contributed by atoms with van der Waals surface area (Å²) in [4.78, 5) is 0.236. The van der Waals surface area contributed by atoms with E-state index in [0.717, 1.165) is 0 Å². The number of hydrogen-bond donors (Lipinski definition) is 2. The van der Waals surface area contributed by atoms with Gasteiger partial charge in [0.15, 0.2) is 0 Å². The molecule has 0 heterocycles. The monoisotopic (exact) mass is 223 g/mol.